The van der Waals surface area contributed by atoms with Crippen LogP contribution < -0.4 is 10.1 Å². The van der Waals surface area contributed by atoms with E-state index in [1.807, 2.05) is 22.9 Å². The molecule has 2 aromatic rings. The smallest absolute Gasteiger partial charge is 0.176 e. The van der Waals surface area contributed by atoms with Crippen molar-refractivity contribution in [2.75, 3.05) is 20.2 Å². The van der Waals surface area contributed by atoms with Crippen LogP contribution in [0.2, 0.25) is 0 Å². The highest BCUT2D eigenvalue weighted by molar-refractivity contribution is 5.97. The van der Waals surface area contributed by atoms with Gasteiger partial charge in [-0.3, -0.25) is 4.79 Å². The number of aromatic nitrogens is 2. The summed E-state index contributed by atoms with van der Waals surface area (Å²) in [6.45, 7) is 2.05. The molecule has 0 unspecified atom stereocenters. The molecule has 0 saturated carbocycles. The number of hydrogen-bond donors (Lipinski definition) is 1. The summed E-state index contributed by atoms with van der Waals surface area (Å²) in [5.74, 6) is 0.780. The highest BCUT2D eigenvalue weighted by atomic mass is 16.5. The first-order chi connectivity index (χ1) is 9.79. The van der Waals surface area contributed by atoms with Crippen LogP contribution in [0, 0.1) is 0 Å². The largest absolute Gasteiger partial charge is 0.497 e. The molecule has 0 spiro atoms. The van der Waals surface area contributed by atoms with Gasteiger partial charge in [-0.05, 0) is 25.1 Å². The predicted molar refractivity (Wildman–Crippen MR) is 77.0 cm³/mol. The first-order valence-corrected chi connectivity index (χ1v) is 6.63. The van der Waals surface area contributed by atoms with Crippen molar-refractivity contribution in [2.45, 2.75) is 13.0 Å². The topological polar surface area (TPSA) is 56.1 Å². The normalized spacial score (nSPS) is 10.4. The quantitative estimate of drug-likeness (QED) is 0.588. The highest BCUT2D eigenvalue weighted by Gasteiger charge is 2.05. The second kappa shape index (κ2) is 7.45. The van der Waals surface area contributed by atoms with E-state index >= 15 is 0 Å². The average Bonchev–Trinajstić information content (AvgIpc) is 3.00. The molecule has 0 aliphatic rings. The maximum absolute atomic E-state index is 12.0. The lowest BCUT2D eigenvalue weighted by atomic mass is 10.1. The molecule has 0 bridgehead atoms. The number of carbonyl (C=O) groups is 1. The van der Waals surface area contributed by atoms with Gasteiger partial charge in [-0.2, -0.15) is 0 Å². The van der Waals surface area contributed by atoms with E-state index < -0.39 is 0 Å². The summed E-state index contributed by atoms with van der Waals surface area (Å²) in [4.78, 5) is 16.0. The van der Waals surface area contributed by atoms with Gasteiger partial charge >= 0.3 is 0 Å². The van der Waals surface area contributed by atoms with Gasteiger partial charge in [-0.1, -0.05) is 12.1 Å². The molecular formula is C15H19N3O2. The molecule has 5 nitrogen and oxygen atoms in total. The van der Waals surface area contributed by atoms with Crippen molar-refractivity contribution in [3.63, 3.8) is 0 Å². The summed E-state index contributed by atoms with van der Waals surface area (Å²) >= 11 is 0. The Morgan fingerprint density at radius 1 is 1.45 bits per heavy atom. The third-order valence-corrected chi connectivity index (χ3v) is 3.01. The fourth-order valence-electron chi connectivity index (χ4n) is 1.91. The van der Waals surface area contributed by atoms with Gasteiger partial charge in [0.05, 0.1) is 20.0 Å². The number of hydrogen-bond acceptors (Lipinski definition) is 4. The maximum Gasteiger partial charge on any atom is 0.176 e. The molecule has 0 aliphatic heterocycles. The van der Waals surface area contributed by atoms with Crippen molar-refractivity contribution < 1.29 is 9.53 Å². The summed E-state index contributed by atoms with van der Waals surface area (Å²) in [5.41, 5.74) is 0.673. The molecule has 0 fully saturated rings. The van der Waals surface area contributed by atoms with Crippen molar-refractivity contribution in [3.8, 4) is 5.75 Å². The lowest BCUT2D eigenvalue weighted by Gasteiger charge is -2.06. The zero-order chi connectivity index (χ0) is 14.2. The summed E-state index contributed by atoms with van der Waals surface area (Å²) in [5, 5.41) is 3.16. The van der Waals surface area contributed by atoms with Crippen LogP contribution in [0.4, 0.5) is 0 Å². The zero-order valence-corrected chi connectivity index (χ0v) is 11.6. The Hall–Kier alpha value is -2.14. The molecule has 1 N–H and O–H groups in total. The fourth-order valence-corrected chi connectivity index (χ4v) is 1.91. The Labute approximate surface area is 118 Å². The third-order valence-electron chi connectivity index (χ3n) is 3.01. The van der Waals surface area contributed by atoms with Gasteiger partial charge in [0.25, 0.3) is 0 Å². The van der Waals surface area contributed by atoms with Gasteiger partial charge in [0.15, 0.2) is 5.78 Å². The molecule has 1 aromatic carbocycles. The van der Waals surface area contributed by atoms with E-state index in [1.165, 1.54) is 0 Å². The number of methoxy groups -OCH3 is 1. The third kappa shape index (κ3) is 4.20. The van der Waals surface area contributed by atoms with Gasteiger partial charge in [-0.25, -0.2) is 4.98 Å². The fraction of sp³-hybridized carbons (Fsp3) is 0.333. The highest BCUT2D eigenvalue weighted by Crippen LogP contribution is 2.12. The van der Waals surface area contributed by atoms with Crippen LogP contribution in [-0.2, 0) is 6.54 Å². The van der Waals surface area contributed by atoms with Crippen LogP contribution in [0.25, 0.3) is 0 Å². The standard InChI is InChI=1S/C15H19N3O2/c1-20-14-5-2-4-13(10-14)15(19)11-16-6-3-8-18-9-7-17-12-18/h2,4-5,7,9-10,12,16H,3,6,8,11H2,1H3. The predicted octanol–water partition coefficient (Wildman–Crippen LogP) is 1.75. The summed E-state index contributed by atoms with van der Waals surface area (Å²) in [6, 6.07) is 7.22. The first-order valence-electron chi connectivity index (χ1n) is 6.63. The number of benzene rings is 1. The Morgan fingerprint density at radius 3 is 3.10 bits per heavy atom. The number of aryl methyl sites for hydroxylation is 1. The zero-order valence-electron chi connectivity index (χ0n) is 11.6. The SMILES string of the molecule is COc1cccc(C(=O)CNCCCn2ccnc2)c1. The van der Waals surface area contributed by atoms with Crippen molar-refractivity contribution in [1.29, 1.82) is 0 Å². The van der Waals surface area contributed by atoms with Crippen molar-refractivity contribution in [3.05, 3.63) is 48.5 Å². The maximum atomic E-state index is 12.0. The van der Waals surface area contributed by atoms with Crippen molar-refractivity contribution in [1.82, 2.24) is 14.9 Å². The molecule has 1 heterocycles. The molecule has 106 valence electrons. The lowest BCUT2D eigenvalue weighted by molar-refractivity contribution is 0.0991. The van der Waals surface area contributed by atoms with Crippen molar-refractivity contribution >= 4 is 5.78 Å². The molecule has 0 atom stereocenters. The van der Waals surface area contributed by atoms with E-state index in [9.17, 15) is 4.79 Å². The molecule has 0 amide bonds. The Morgan fingerprint density at radius 2 is 2.35 bits per heavy atom. The second-order valence-corrected chi connectivity index (χ2v) is 4.49. The van der Waals surface area contributed by atoms with Gasteiger partial charge < -0.3 is 14.6 Å². The lowest BCUT2D eigenvalue weighted by Crippen LogP contribution is -2.24. The van der Waals surface area contributed by atoms with Crippen LogP contribution in [0.15, 0.2) is 43.0 Å². The number of carbonyl (C=O) groups excluding carboxylic acids is 1. The number of ether oxygens (including phenoxy) is 1. The minimum atomic E-state index is 0.0755. The van der Waals surface area contributed by atoms with E-state index in [-0.39, 0.29) is 5.78 Å². The Bertz CT molecular complexity index is 538. The minimum absolute atomic E-state index is 0.0755. The molecular weight excluding hydrogens is 254 g/mol. The minimum Gasteiger partial charge on any atom is -0.497 e. The van der Waals surface area contributed by atoms with Crippen LogP contribution in [0.5, 0.6) is 5.75 Å². The summed E-state index contributed by atoms with van der Waals surface area (Å²) in [7, 11) is 1.60. The van der Waals surface area contributed by atoms with Crippen LogP contribution >= 0.6 is 0 Å². The Balaban J connectivity index is 1.69. The molecule has 20 heavy (non-hydrogen) atoms. The Kier molecular flexibility index (Phi) is 5.32. The molecule has 1 aromatic heterocycles. The van der Waals surface area contributed by atoms with Gasteiger partial charge in [-0.15, -0.1) is 0 Å². The molecule has 0 radical (unpaired) electrons. The van der Waals surface area contributed by atoms with E-state index in [0.717, 1.165) is 19.5 Å². The van der Waals surface area contributed by atoms with Gasteiger partial charge in [0, 0.05) is 24.5 Å². The van der Waals surface area contributed by atoms with E-state index in [4.69, 9.17) is 4.74 Å². The van der Waals surface area contributed by atoms with Crippen molar-refractivity contribution in [2.24, 2.45) is 0 Å². The number of ketones is 1. The number of rotatable bonds is 8. The molecule has 5 heteroatoms. The van der Waals surface area contributed by atoms with E-state index in [1.54, 1.807) is 31.8 Å². The number of nitrogens with one attached hydrogen (secondary N) is 1. The average molecular weight is 273 g/mol. The number of Topliss-reactive ketones (excluding diaryl/α,β-unsaturated/α-hetero) is 1. The van der Waals surface area contributed by atoms with E-state index in [2.05, 4.69) is 10.3 Å². The second-order valence-electron chi connectivity index (χ2n) is 4.49. The number of imidazole rings is 1. The van der Waals surface area contributed by atoms with Crippen LogP contribution in [-0.4, -0.2) is 35.5 Å². The molecule has 0 saturated heterocycles. The monoisotopic (exact) mass is 273 g/mol. The number of nitrogens with zero attached hydrogens (tertiary/aromatic N) is 2. The molecule has 0 aliphatic carbocycles. The van der Waals surface area contributed by atoms with Gasteiger partial charge in [0.1, 0.15) is 5.75 Å². The summed E-state index contributed by atoms with van der Waals surface area (Å²) < 4.78 is 7.13. The van der Waals surface area contributed by atoms with Gasteiger partial charge in [0.2, 0.25) is 0 Å². The van der Waals surface area contributed by atoms with Crippen LogP contribution in [0.3, 0.4) is 0 Å². The van der Waals surface area contributed by atoms with E-state index in [0.29, 0.717) is 17.9 Å². The van der Waals surface area contributed by atoms with Crippen LogP contribution in [0.1, 0.15) is 16.8 Å². The summed E-state index contributed by atoms with van der Waals surface area (Å²) in [6.07, 6.45) is 6.45. The molecule has 2 rings (SSSR count). The first kappa shape index (κ1) is 14.3.